The Morgan fingerprint density at radius 1 is 1.14 bits per heavy atom. The monoisotopic (exact) mass is 389 g/mol. The summed E-state index contributed by atoms with van der Waals surface area (Å²) in [5.41, 5.74) is 3.06. The molecule has 0 spiro atoms. The van der Waals surface area contributed by atoms with E-state index >= 15 is 0 Å². The second-order valence-electron chi connectivity index (χ2n) is 7.02. The number of rotatable bonds is 9. The van der Waals surface area contributed by atoms with Crippen LogP contribution < -0.4 is 0 Å². The van der Waals surface area contributed by atoms with Crippen LogP contribution in [0.3, 0.4) is 0 Å². The standard InChI is InChI=1S/C24H27N3O2/c1-3-5-11-22-25-23(27(26-22)16-6-4-2)17-18-12-14-19(15-13-18)20-9-7-8-10-21(20)24(28)29/h4,6-10,12-15H,3,5,11,16-17H2,1-2H3,(H,28,29). The zero-order valence-electron chi connectivity index (χ0n) is 17.0. The van der Waals surface area contributed by atoms with Crippen molar-refractivity contribution in [3.05, 3.63) is 83.5 Å². The molecule has 0 saturated carbocycles. The molecule has 3 aromatic rings. The quantitative estimate of drug-likeness (QED) is 0.514. The Bertz CT molecular complexity index is 988. The molecule has 150 valence electrons. The molecule has 0 radical (unpaired) electrons. The fourth-order valence-corrected chi connectivity index (χ4v) is 3.26. The fourth-order valence-electron chi connectivity index (χ4n) is 3.26. The third-order valence-corrected chi connectivity index (χ3v) is 4.84. The largest absolute Gasteiger partial charge is 0.478 e. The third-order valence-electron chi connectivity index (χ3n) is 4.84. The lowest BCUT2D eigenvalue weighted by atomic mass is 9.98. The van der Waals surface area contributed by atoms with E-state index in [9.17, 15) is 9.90 Å². The van der Waals surface area contributed by atoms with Crippen LogP contribution in [0.2, 0.25) is 0 Å². The highest BCUT2D eigenvalue weighted by Crippen LogP contribution is 2.24. The van der Waals surface area contributed by atoms with Crippen LogP contribution in [0.1, 0.15) is 54.3 Å². The molecule has 0 fully saturated rings. The minimum Gasteiger partial charge on any atom is -0.478 e. The Morgan fingerprint density at radius 3 is 2.59 bits per heavy atom. The molecule has 5 nitrogen and oxygen atoms in total. The summed E-state index contributed by atoms with van der Waals surface area (Å²) in [5.74, 6) is 0.938. The van der Waals surface area contributed by atoms with Crippen molar-refractivity contribution in [3.8, 4) is 11.1 Å². The van der Waals surface area contributed by atoms with Gasteiger partial charge in [0.15, 0.2) is 5.82 Å². The molecule has 0 unspecified atom stereocenters. The van der Waals surface area contributed by atoms with Gasteiger partial charge in [-0.3, -0.25) is 0 Å². The lowest BCUT2D eigenvalue weighted by Gasteiger charge is -2.08. The van der Waals surface area contributed by atoms with Crippen LogP contribution in [-0.4, -0.2) is 25.8 Å². The lowest BCUT2D eigenvalue weighted by Crippen LogP contribution is -2.05. The summed E-state index contributed by atoms with van der Waals surface area (Å²) in [5, 5.41) is 14.1. The molecule has 29 heavy (non-hydrogen) atoms. The van der Waals surface area contributed by atoms with Crippen molar-refractivity contribution in [2.75, 3.05) is 0 Å². The number of aryl methyl sites for hydroxylation is 1. The van der Waals surface area contributed by atoms with Crippen LogP contribution in [0.4, 0.5) is 0 Å². The molecule has 0 amide bonds. The van der Waals surface area contributed by atoms with Crippen molar-refractivity contribution in [1.82, 2.24) is 14.8 Å². The number of aromatic nitrogens is 3. The lowest BCUT2D eigenvalue weighted by molar-refractivity contribution is 0.0697. The van der Waals surface area contributed by atoms with Crippen LogP contribution >= 0.6 is 0 Å². The highest BCUT2D eigenvalue weighted by atomic mass is 16.4. The third kappa shape index (κ3) is 5.19. The molecule has 0 aliphatic rings. The summed E-state index contributed by atoms with van der Waals surface area (Å²) in [4.78, 5) is 16.2. The predicted molar refractivity (Wildman–Crippen MR) is 115 cm³/mol. The van der Waals surface area contributed by atoms with Crippen molar-refractivity contribution in [3.63, 3.8) is 0 Å². The van der Waals surface area contributed by atoms with E-state index in [1.807, 2.05) is 54.1 Å². The number of hydrogen-bond donors (Lipinski definition) is 1. The SMILES string of the molecule is CC=CCn1nc(CCCC)nc1Cc1ccc(-c2ccccc2C(=O)O)cc1. The van der Waals surface area contributed by atoms with E-state index < -0.39 is 5.97 Å². The van der Waals surface area contributed by atoms with Gasteiger partial charge in [-0.05, 0) is 36.1 Å². The van der Waals surface area contributed by atoms with Crippen molar-refractivity contribution >= 4 is 5.97 Å². The molecule has 1 heterocycles. The molecule has 0 aliphatic carbocycles. The van der Waals surface area contributed by atoms with Crippen LogP contribution in [0.25, 0.3) is 11.1 Å². The second-order valence-corrected chi connectivity index (χ2v) is 7.02. The normalized spacial score (nSPS) is 11.2. The van der Waals surface area contributed by atoms with Gasteiger partial charge in [-0.15, -0.1) is 0 Å². The van der Waals surface area contributed by atoms with Gasteiger partial charge in [-0.25, -0.2) is 14.5 Å². The minimum atomic E-state index is -0.915. The van der Waals surface area contributed by atoms with Gasteiger partial charge in [-0.1, -0.05) is 68.0 Å². The van der Waals surface area contributed by atoms with Crippen LogP contribution in [0, 0.1) is 0 Å². The molecule has 0 atom stereocenters. The van der Waals surface area contributed by atoms with E-state index in [4.69, 9.17) is 4.98 Å². The van der Waals surface area contributed by atoms with E-state index in [2.05, 4.69) is 18.1 Å². The van der Waals surface area contributed by atoms with Crippen molar-refractivity contribution in [1.29, 1.82) is 0 Å². The highest BCUT2D eigenvalue weighted by Gasteiger charge is 2.12. The van der Waals surface area contributed by atoms with Gasteiger partial charge in [-0.2, -0.15) is 5.10 Å². The van der Waals surface area contributed by atoms with Gasteiger partial charge in [0.05, 0.1) is 12.1 Å². The van der Waals surface area contributed by atoms with Gasteiger partial charge in [0.25, 0.3) is 0 Å². The molecule has 0 saturated heterocycles. The first-order valence-corrected chi connectivity index (χ1v) is 10.1. The van der Waals surface area contributed by atoms with E-state index in [0.717, 1.165) is 54.1 Å². The Hall–Kier alpha value is -3.21. The zero-order chi connectivity index (χ0) is 20.6. The predicted octanol–water partition coefficient (Wildman–Crippen LogP) is 5.15. The first-order valence-electron chi connectivity index (χ1n) is 10.1. The molecule has 0 aliphatic heterocycles. The Balaban J connectivity index is 1.82. The van der Waals surface area contributed by atoms with Gasteiger partial charge >= 0.3 is 5.97 Å². The number of allylic oxidation sites excluding steroid dienone is 2. The number of carboxylic acids is 1. The molecular weight excluding hydrogens is 362 g/mol. The zero-order valence-corrected chi connectivity index (χ0v) is 17.0. The maximum absolute atomic E-state index is 11.5. The number of hydrogen-bond acceptors (Lipinski definition) is 3. The van der Waals surface area contributed by atoms with Gasteiger partial charge in [0, 0.05) is 12.8 Å². The number of nitrogens with zero attached hydrogens (tertiary/aromatic N) is 3. The number of carbonyl (C=O) groups is 1. The maximum atomic E-state index is 11.5. The Kier molecular flexibility index (Phi) is 6.95. The van der Waals surface area contributed by atoms with Crippen LogP contribution in [-0.2, 0) is 19.4 Å². The van der Waals surface area contributed by atoms with Gasteiger partial charge in [0.1, 0.15) is 5.82 Å². The molecule has 2 aromatic carbocycles. The Morgan fingerprint density at radius 2 is 1.90 bits per heavy atom. The topological polar surface area (TPSA) is 68.0 Å². The fraction of sp³-hybridized carbons (Fsp3) is 0.292. The summed E-state index contributed by atoms with van der Waals surface area (Å²) in [7, 11) is 0. The number of benzene rings is 2. The molecule has 0 bridgehead atoms. The van der Waals surface area contributed by atoms with Crippen molar-refractivity contribution in [2.45, 2.75) is 46.1 Å². The van der Waals surface area contributed by atoms with Gasteiger partial charge < -0.3 is 5.11 Å². The smallest absolute Gasteiger partial charge is 0.336 e. The van der Waals surface area contributed by atoms with E-state index in [1.165, 1.54) is 0 Å². The summed E-state index contributed by atoms with van der Waals surface area (Å²) in [6.07, 6.45) is 7.90. The van der Waals surface area contributed by atoms with E-state index in [0.29, 0.717) is 12.0 Å². The summed E-state index contributed by atoms with van der Waals surface area (Å²) in [6, 6.07) is 15.1. The number of aromatic carboxylic acids is 1. The van der Waals surface area contributed by atoms with Crippen LogP contribution in [0.15, 0.2) is 60.7 Å². The van der Waals surface area contributed by atoms with E-state index in [1.54, 1.807) is 12.1 Å². The van der Waals surface area contributed by atoms with Crippen molar-refractivity contribution in [2.24, 2.45) is 0 Å². The molecule has 1 N–H and O–H groups in total. The minimum absolute atomic E-state index is 0.312. The second kappa shape index (κ2) is 9.82. The molecule has 5 heteroatoms. The highest BCUT2D eigenvalue weighted by molar-refractivity contribution is 5.95. The molecule has 3 rings (SSSR count). The molecular formula is C24H27N3O2. The summed E-state index contributed by atoms with van der Waals surface area (Å²) in [6.45, 7) is 4.89. The van der Waals surface area contributed by atoms with Crippen molar-refractivity contribution < 1.29 is 9.90 Å². The first-order chi connectivity index (χ1) is 14.1. The summed E-state index contributed by atoms with van der Waals surface area (Å²) >= 11 is 0. The molecule has 1 aromatic heterocycles. The first kappa shape index (κ1) is 20.5. The average molecular weight is 389 g/mol. The van der Waals surface area contributed by atoms with E-state index in [-0.39, 0.29) is 0 Å². The number of carboxylic acid groups (broad SMARTS) is 1. The maximum Gasteiger partial charge on any atom is 0.336 e. The van der Waals surface area contributed by atoms with Gasteiger partial charge in [0.2, 0.25) is 0 Å². The number of unbranched alkanes of at least 4 members (excludes halogenated alkanes) is 1. The average Bonchev–Trinajstić information content (AvgIpc) is 3.12. The Labute approximate surface area is 171 Å². The van der Waals surface area contributed by atoms with Crippen LogP contribution in [0.5, 0.6) is 0 Å². The summed E-state index contributed by atoms with van der Waals surface area (Å²) < 4.78 is 1.97.